The van der Waals surface area contributed by atoms with Gasteiger partial charge in [0.1, 0.15) is 6.29 Å². The Labute approximate surface area is 76.7 Å². The predicted molar refractivity (Wildman–Crippen MR) is 50.4 cm³/mol. The van der Waals surface area contributed by atoms with E-state index in [2.05, 4.69) is 0 Å². The van der Waals surface area contributed by atoms with E-state index in [-0.39, 0.29) is 0 Å². The van der Waals surface area contributed by atoms with Crippen molar-refractivity contribution in [2.24, 2.45) is 0 Å². The van der Waals surface area contributed by atoms with Gasteiger partial charge in [-0.3, -0.25) is 4.79 Å². The van der Waals surface area contributed by atoms with Crippen molar-refractivity contribution in [3.05, 3.63) is 47.0 Å². The Balaban J connectivity index is 2.58. The molecule has 2 heteroatoms. The molecule has 0 aliphatic heterocycles. The van der Waals surface area contributed by atoms with E-state index in [9.17, 15) is 4.79 Å². The summed E-state index contributed by atoms with van der Waals surface area (Å²) in [4.78, 5) is 9.94. The molecule has 0 atom stereocenters. The van der Waals surface area contributed by atoms with Gasteiger partial charge in [0, 0.05) is 5.02 Å². The van der Waals surface area contributed by atoms with Crippen molar-refractivity contribution in [1.82, 2.24) is 0 Å². The van der Waals surface area contributed by atoms with Crippen molar-refractivity contribution < 1.29 is 4.79 Å². The van der Waals surface area contributed by atoms with Gasteiger partial charge in [0.15, 0.2) is 0 Å². The molecule has 0 heterocycles. The normalized spacial score (nSPS) is 10.4. The molecule has 0 unspecified atom stereocenters. The molecular weight excluding hydrogens is 172 g/mol. The minimum absolute atomic E-state index is 0.734. The summed E-state index contributed by atoms with van der Waals surface area (Å²) in [7, 11) is 0. The zero-order valence-electron chi connectivity index (χ0n) is 6.53. The van der Waals surface area contributed by atoms with Crippen molar-refractivity contribution >= 4 is 17.9 Å². The average Bonchev–Trinajstić information content (AvgIpc) is 2.09. The summed E-state index contributed by atoms with van der Waals surface area (Å²) in [5.74, 6) is 0. The fourth-order valence-corrected chi connectivity index (χ4v) is 1.01. The highest BCUT2D eigenvalue weighted by Gasteiger charge is 1.88. The van der Waals surface area contributed by atoms with Gasteiger partial charge in [0.05, 0.1) is 0 Å². The minimum atomic E-state index is 0.734. The lowest BCUT2D eigenvalue weighted by atomic mass is 10.1. The Hall–Kier alpha value is -1.08. The second-order valence-corrected chi connectivity index (χ2v) is 2.83. The number of carbonyl (C=O) groups excluding carboxylic acids is 1. The zero-order valence-corrected chi connectivity index (χ0v) is 7.29. The molecule has 1 nitrogen and oxygen atoms in total. The van der Waals surface area contributed by atoms with Crippen molar-refractivity contribution in [3.63, 3.8) is 0 Å². The van der Waals surface area contributed by atoms with Gasteiger partial charge < -0.3 is 0 Å². The number of hydrogen-bond donors (Lipinski definition) is 0. The monoisotopic (exact) mass is 180 g/mol. The number of halogens is 1. The number of benzene rings is 1. The van der Waals surface area contributed by atoms with Crippen LogP contribution in [-0.2, 0) is 11.2 Å². The maximum absolute atomic E-state index is 9.94. The fourth-order valence-electron chi connectivity index (χ4n) is 0.880. The van der Waals surface area contributed by atoms with Crippen LogP contribution < -0.4 is 0 Å². The third-order valence-corrected chi connectivity index (χ3v) is 1.73. The van der Waals surface area contributed by atoms with E-state index in [4.69, 9.17) is 11.6 Å². The smallest absolute Gasteiger partial charge is 0.142 e. The number of rotatable bonds is 3. The zero-order chi connectivity index (χ0) is 8.81. The van der Waals surface area contributed by atoms with Crippen LogP contribution in [0.3, 0.4) is 0 Å². The molecule has 0 spiro atoms. The highest BCUT2D eigenvalue weighted by Crippen LogP contribution is 2.09. The van der Waals surface area contributed by atoms with Crippen LogP contribution >= 0.6 is 11.6 Å². The van der Waals surface area contributed by atoms with Crippen LogP contribution in [-0.4, -0.2) is 6.29 Å². The summed E-state index contributed by atoms with van der Waals surface area (Å²) < 4.78 is 0. The van der Waals surface area contributed by atoms with Crippen LogP contribution in [0.1, 0.15) is 5.56 Å². The summed E-state index contributed by atoms with van der Waals surface area (Å²) in [6.45, 7) is 0. The predicted octanol–water partition coefficient (Wildman–Crippen LogP) is 2.64. The molecule has 0 bridgehead atoms. The summed E-state index contributed by atoms with van der Waals surface area (Å²) in [6.07, 6.45) is 4.86. The molecule has 1 aromatic rings. The molecule has 0 aliphatic carbocycles. The lowest BCUT2D eigenvalue weighted by Crippen LogP contribution is -1.79. The molecule has 0 aromatic heterocycles. The first-order chi connectivity index (χ1) is 5.83. The van der Waals surface area contributed by atoms with Crippen molar-refractivity contribution in [1.29, 1.82) is 0 Å². The Bertz CT molecular complexity index is 274. The number of carbonyl (C=O) groups is 1. The molecule has 0 radical (unpaired) electrons. The van der Waals surface area contributed by atoms with Crippen molar-refractivity contribution in [3.8, 4) is 0 Å². The lowest BCUT2D eigenvalue weighted by Gasteiger charge is -1.94. The SMILES string of the molecule is O=C/C=C/Cc1ccc(Cl)cc1. The Morgan fingerprint density at radius 2 is 1.92 bits per heavy atom. The van der Waals surface area contributed by atoms with Gasteiger partial charge >= 0.3 is 0 Å². The van der Waals surface area contributed by atoms with Gasteiger partial charge in [-0.05, 0) is 30.2 Å². The third-order valence-electron chi connectivity index (χ3n) is 1.48. The average molecular weight is 181 g/mol. The molecule has 62 valence electrons. The first-order valence-electron chi connectivity index (χ1n) is 3.67. The number of aldehydes is 1. The second kappa shape index (κ2) is 4.73. The van der Waals surface area contributed by atoms with E-state index in [0.29, 0.717) is 0 Å². The van der Waals surface area contributed by atoms with Gasteiger partial charge in [-0.15, -0.1) is 0 Å². The van der Waals surface area contributed by atoms with Crippen molar-refractivity contribution in [2.45, 2.75) is 6.42 Å². The van der Waals surface area contributed by atoms with Crippen LogP contribution in [0.4, 0.5) is 0 Å². The minimum Gasteiger partial charge on any atom is -0.299 e. The molecule has 0 amide bonds. The van der Waals surface area contributed by atoms with E-state index in [1.54, 1.807) is 0 Å². The largest absolute Gasteiger partial charge is 0.299 e. The van der Waals surface area contributed by atoms with E-state index >= 15 is 0 Å². The van der Waals surface area contributed by atoms with Gasteiger partial charge in [-0.2, -0.15) is 0 Å². The molecule has 0 N–H and O–H groups in total. The molecule has 1 aromatic carbocycles. The molecule has 0 aliphatic rings. The van der Waals surface area contributed by atoms with Crippen LogP contribution in [0.2, 0.25) is 5.02 Å². The standard InChI is InChI=1S/C10H9ClO/c11-10-6-4-9(5-7-10)3-1-2-8-12/h1-2,4-8H,3H2/b2-1+. The van der Waals surface area contributed by atoms with E-state index in [1.807, 2.05) is 30.3 Å². The first-order valence-corrected chi connectivity index (χ1v) is 4.05. The fraction of sp³-hybridized carbons (Fsp3) is 0.100. The summed E-state index contributed by atoms with van der Waals surface area (Å²) in [5.41, 5.74) is 1.15. The van der Waals surface area contributed by atoms with Gasteiger partial charge in [-0.1, -0.05) is 29.8 Å². The summed E-state index contributed by atoms with van der Waals surface area (Å²) in [5, 5.41) is 0.734. The van der Waals surface area contributed by atoms with E-state index in [0.717, 1.165) is 23.3 Å². The molecule has 0 saturated heterocycles. The van der Waals surface area contributed by atoms with Crippen LogP contribution in [0.5, 0.6) is 0 Å². The van der Waals surface area contributed by atoms with Crippen molar-refractivity contribution in [2.75, 3.05) is 0 Å². The maximum Gasteiger partial charge on any atom is 0.142 e. The highest BCUT2D eigenvalue weighted by molar-refractivity contribution is 6.30. The molecule has 0 saturated carbocycles. The van der Waals surface area contributed by atoms with Gasteiger partial charge in [0.25, 0.3) is 0 Å². The Morgan fingerprint density at radius 3 is 2.50 bits per heavy atom. The van der Waals surface area contributed by atoms with E-state index in [1.165, 1.54) is 6.08 Å². The van der Waals surface area contributed by atoms with Gasteiger partial charge in [-0.25, -0.2) is 0 Å². The summed E-state index contributed by atoms with van der Waals surface area (Å²) >= 11 is 5.70. The topological polar surface area (TPSA) is 17.1 Å². The van der Waals surface area contributed by atoms with Gasteiger partial charge in [0.2, 0.25) is 0 Å². The lowest BCUT2D eigenvalue weighted by molar-refractivity contribution is -0.104. The molecule has 1 rings (SSSR count). The number of hydrogen-bond acceptors (Lipinski definition) is 1. The Morgan fingerprint density at radius 1 is 1.25 bits per heavy atom. The van der Waals surface area contributed by atoms with E-state index < -0.39 is 0 Å². The molecule has 0 fully saturated rings. The van der Waals surface area contributed by atoms with Crippen LogP contribution in [0, 0.1) is 0 Å². The third kappa shape index (κ3) is 2.89. The molecule has 12 heavy (non-hydrogen) atoms. The Kier molecular flexibility index (Phi) is 3.55. The number of allylic oxidation sites excluding steroid dienone is 2. The van der Waals surface area contributed by atoms with Crippen LogP contribution in [0.15, 0.2) is 36.4 Å². The second-order valence-electron chi connectivity index (χ2n) is 2.39. The summed E-state index contributed by atoms with van der Waals surface area (Å²) in [6, 6.07) is 7.56. The molecular formula is C10H9ClO. The quantitative estimate of drug-likeness (QED) is 0.516. The highest BCUT2D eigenvalue weighted by atomic mass is 35.5. The maximum atomic E-state index is 9.94. The van der Waals surface area contributed by atoms with Crippen LogP contribution in [0.25, 0.3) is 0 Å². The first kappa shape index (κ1) is 9.01.